The molecule has 0 aliphatic heterocycles. The van der Waals surface area contributed by atoms with Crippen molar-refractivity contribution in [3.8, 4) is 0 Å². The number of anilines is 2. The lowest BCUT2D eigenvalue weighted by atomic mass is 10.2. The Morgan fingerprint density at radius 3 is 2.52 bits per heavy atom. The molecule has 0 saturated heterocycles. The van der Waals surface area contributed by atoms with Gasteiger partial charge in [0.25, 0.3) is 5.91 Å². The molecular formula is C19H20FN3O2. The van der Waals surface area contributed by atoms with E-state index in [4.69, 9.17) is 5.73 Å². The van der Waals surface area contributed by atoms with Crippen LogP contribution in [-0.2, 0) is 4.79 Å². The standard InChI is InChI=1S/C19H20FN3O2/c20-15-11-9-14(10-12-15)19(25)22-13-5-1-2-8-18(24)23-17-7-4-3-6-16(17)21/h2-4,6-12H,1,5,13,21H2,(H,22,25)(H,23,24). The topological polar surface area (TPSA) is 84.2 Å². The number of nitrogens with two attached hydrogens (primary N) is 1. The maximum atomic E-state index is 12.8. The van der Waals surface area contributed by atoms with Gasteiger partial charge in [0.05, 0.1) is 11.4 Å². The van der Waals surface area contributed by atoms with E-state index in [9.17, 15) is 14.0 Å². The van der Waals surface area contributed by atoms with E-state index in [1.807, 2.05) is 0 Å². The number of para-hydroxylation sites is 2. The number of amides is 2. The van der Waals surface area contributed by atoms with Crippen LogP contribution >= 0.6 is 0 Å². The third-order valence-corrected chi connectivity index (χ3v) is 3.43. The van der Waals surface area contributed by atoms with Crippen LogP contribution in [-0.4, -0.2) is 18.4 Å². The Morgan fingerprint density at radius 2 is 1.80 bits per heavy atom. The number of nitrogen functional groups attached to an aromatic ring is 1. The van der Waals surface area contributed by atoms with Crippen molar-refractivity contribution in [1.29, 1.82) is 0 Å². The molecule has 0 aliphatic rings. The molecule has 0 fully saturated rings. The van der Waals surface area contributed by atoms with Gasteiger partial charge in [-0.25, -0.2) is 4.39 Å². The molecule has 0 bridgehead atoms. The summed E-state index contributed by atoms with van der Waals surface area (Å²) in [5.74, 6) is -0.883. The van der Waals surface area contributed by atoms with Crippen molar-refractivity contribution in [1.82, 2.24) is 5.32 Å². The van der Waals surface area contributed by atoms with Crippen molar-refractivity contribution in [2.24, 2.45) is 0 Å². The molecule has 0 heterocycles. The Labute approximate surface area is 145 Å². The number of rotatable bonds is 7. The molecule has 0 aliphatic carbocycles. The van der Waals surface area contributed by atoms with Gasteiger partial charge in [-0.15, -0.1) is 0 Å². The van der Waals surface area contributed by atoms with Crippen molar-refractivity contribution >= 4 is 23.2 Å². The van der Waals surface area contributed by atoms with E-state index in [1.165, 1.54) is 30.3 Å². The zero-order chi connectivity index (χ0) is 18.1. The molecule has 0 spiro atoms. The van der Waals surface area contributed by atoms with Crippen LogP contribution in [0.25, 0.3) is 0 Å². The van der Waals surface area contributed by atoms with E-state index in [1.54, 1.807) is 30.3 Å². The second kappa shape index (κ2) is 9.22. The predicted octanol–water partition coefficient (Wildman–Crippen LogP) is 3.11. The number of carbonyl (C=O) groups is 2. The zero-order valence-electron chi connectivity index (χ0n) is 13.7. The monoisotopic (exact) mass is 341 g/mol. The fourth-order valence-electron chi connectivity index (χ4n) is 2.10. The summed E-state index contributed by atoms with van der Waals surface area (Å²) in [5.41, 5.74) is 7.24. The number of benzene rings is 2. The van der Waals surface area contributed by atoms with Crippen molar-refractivity contribution in [3.63, 3.8) is 0 Å². The van der Waals surface area contributed by atoms with Crippen LogP contribution in [0.1, 0.15) is 23.2 Å². The van der Waals surface area contributed by atoms with Crippen LogP contribution in [0.15, 0.2) is 60.7 Å². The summed E-state index contributed by atoms with van der Waals surface area (Å²) >= 11 is 0. The Kier molecular flexibility index (Phi) is 6.71. The number of carbonyl (C=O) groups excluding carboxylic acids is 2. The largest absolute Gasteiger partial charge is 0.397 e. The van der Waals surface area contributed by atoms with E-state index in [2.05, 4.69) is 10.6 Å². The van der Waals surface area contributed by atoms with Crippen LogP contribution < -0.4 is 16.4 Å². The van der Waals surface area contributed by atoms with Crippen LogP contribution in [0.2, 0.25) is 0 Å². The zero-order valence-corrected chi connectivity index (χ0v) is 13.7. The molecule has 0 atom stereocenters. The summed E-state index contributed by atoms with van der Waals surface area (Å²) < 4.78 is 12.8. The summed E-state index contributed by atoms with van der Waals surface area (Å²) in [5, 5.41) is 5.44. The van der Waals surface area contributed by atoms with Gasteiger partial charge in [-0.1, -0.05) is 18.2 Å². The molecule has 2 aromatic carbocycles. The van der Waals surface area contributed by atoms with Gasteiger partial charge in [-0.05, 0) is 55.3 Å². The van der Waals surface area contributed by atoms with Crippen molar-refractivity contribution in [2.75, 3.05) is 17.6 Å². The van der Waals surface area contributed by atoms with Crippen LogP contribution in [0.5, 0.6) is 0 Å². The second-order valence-electron chi connectivity index (χ2n) is 5.38. The quantitative estimate of drug-likeness (QED) is 0.411. The average Bonchev–Trinajstić information content (AvgIpc) is 2.60. The number of hydrogen-bond donors (Lipinski definition) is 3. The number of nitrogens with one attached hydrogen (secondary N) is 2. The first-order valence-corrected chi connectivity index (χ1v) is 7.92. The molecule has 5 nitrogen and oxygen atoms in total. The van der Waals surface area contributed by atoms with Gasteiger partial charge >= 0.3 is 0 Å². The minimum Gasteiger partial charge on any atom is -0.397 e. The summed E-state index contributed by atoms with van der Waals surface area (Å²) in [7, 11) is 0. The van der Waals surface area contributed by atoms with E-state index in [0.717, 1.165) is 0 Å². The van der Waals surface area contributed by atoms with E-state index < -0.39 is 0 Å². The molecule has 2 aromatic rings. The first kappa shape index (κ1) is 18.2. The highest BCUT2D eigenvalue weighted by Crippen LogP contribution is 2.16. The van der Waals surface area contributed by atoms with Crippen molar-refractivity contribution in [2.45, 2.75) is 12.8 Å². The van der Waals surface area contributed by atoms with Gasteiger partial charge in [0.1, 0.15) is 5.82 Å². The summed E-state index contributed by atoms with van der Waals surface area (Å²) in [6.45, 7) is 0.466. The highest BCUT2D eigenvalue weighted by molar-refractivity contribution is 6.01. The average molecular weight is 341 g/mol. The molecule has 130 valence electrons. The summed E-state index contributed by atoms with van der Waals surface area (Å²) in [4.78, 5) is 23.6. The molecule has 0 saturated carbocycles. The fourth-order valence-corrected chi connectivity index (χ4v) is 2.10. The van der Waals surface area contributed by atoms with Crippen molar-refractivity contribution in [3.05, 3.63) is 72.1 Å². The molecule has 6 heteroatoms. The van der Waals surface area contributed by atoms with Gasteiger partial charge < -0.3 is 16.4 Å². The van der Waals surface area contributed by atoms with Crippen LogP contribution in [0.4, 0.5) is 15.8 Å². The first-order valence-electron chi connectivity index (χ1n) is 7.92. The minimum absolute atomic E-state index is 0.249. The Balaban J connectivity index is 1.66. The molecule has 4 N–H and O–H groups in total. The molecule has 0 radical (unpaired) electrons. The molecule has 2 rings (SSSR count). The van der Waals surface area contributed by atoms with Crippen molar-refractivity contribution < 1.29 is 14.0 Å². The van der Waals surface area contributed by atoms with Gasteiger partial charge in [0.15, 0.2) is 0 Å². The van der Waals surface area contributed by atoms with Gasteiger partial charge in [0.2, 0.25) is 5.91 Å². The second-order valence-corrected chi connectivity index (χ2v) is 5.38. The maximum absolute atomic E-state index is 12.8. The Bertz CT molecular complexity index is 758. The van der Waals surface area contributed by atoms with Crippen LogP contribution in [0, 0.1) is 5.82 Å². The Hall–Kier alpha value is -3.15. The lowest BCUT2D eigenvalue weighted by Gasteiger charge is -2.05. The SMILES string of the molecule is Nc1ccccc1NC(=O)C=CCCCNC(=O)c1ccc(F)cc1. The first-order chi connectivity index (χ1) is 12.1. The fraction of sp³-hybridized carbons (Fsp3) is 0.158. The Morgan fingerprint density at radius 1 is 1.08 bits per heavy atom. The lowest BCUT2D eigenvalue weighted by Crippen LogP contribution is -2.24. The third kappa shape index (κ3) is 6.10. The number of halogens is 1. The van der Waals surface area contributed by atoms with Crippen LogP contribution in [0.3, 0.4) is 0 Å². The van der Waals surface area contributed by atoms with E-state index in [-0.39, 0.29) is 17.6 Å². The highest BCUT2D eigenvalue weighted by Gasteiger charge is 2.04. The third-order valence-electron chi connectivity index (χ3n) is 3.43. The number of allylic oxidation sites excluding steroid dienone is 1. The molecule has 25 heavy (non-hydrogen) atoms. The smallest absolute Gasteiger partial charge is 0.251 e. The lowest BCUT2D eigenvalue weighted by molar-refractivity contribution is -0.111. The molecule has 0 aromatic heterocycles. The molecule has 2 amide bonds. The predicted molar refractivity (Wildman–Crippen MR) is 96.6 cm³/mol. The van der Waals surface area contributed by atoms with E-state index >= 15 is 0 Å². The summed E-state index contributed by atoms with van der Waals surface area (Å²) in [6.07, 6.45) is 4.50. The van der Waals surface area contributed by atoms with E-state index in [0.29, 0.717) is 36.3 Å². The normalized spacial score (nSPS) is 10.6. The number of hydrogen-bond acceptors (Lipinski definition) is 3. The van der Waals surface area contributed by atoms with Gasteiger partial charge in [-0.3, -0.25) is 9.59 Å². The van der Waals surface area contributed by atoms with Gasteiger partial charge in [0, 0.05) is 12.1 Å². The molecular weight excluding hydrogens is 321 g/mol. The molecule has 0 unspecified atom stereocenters. The number of unbranched alkanes of at least 4 members (excludes halogenated alkanes) is 1. The maximum Gasteiger partial charge on any atom is 0.251 e. The summed E-state index contributed by atoms with van der Waals surface area (Å²) in [6, 6.07) is 12.4. The highest BCUT2D eigenvalue weighted by atomic mass is 19.1. The van der Waals surface area contributed by atoms with Gasteiger partial charge in [-0.2, -0.15) is 0 Å². The minimum atomic E-state index is -0.378.